The van der Waals surface area contributed by atoms with Gasteiger partial charge in [-0.25, -0.2) is 4.90 Å². The highest BCUT2D eigenvalue weighted by Crippen LogP contribution is 2.23. The predicted molar refractivity (Wildman–Crippen MR) is 91.8 cm³/mol. The molecule has 0 aliphatic carbocycles. The molecule has 0 atom stereocenters. The van der Waals surface area contributed by atoms with Crippen LogP contribution < -0.4 is 5.56 Å². The molecule has 2 aromatic rings. The van der Waals surface area contributed by atoms with Crippen LogP contribution in [0.15, 0.2) is 41.3 Å². The van der Waals surface area contributed by atoms with E-state index >= 15 is 0 Å². The lowest BCUT2D eigenvalue weighted by atomic mass is 10.1. The average Bonchev–Trinajstić information content (AvgIpc) is 2.85. The van der Waals surface area contributed by atoms with Gasteiger partial charge in [-0.15, -0.1) is 0 Å². The minimum atomic E-state index is -0.371. The van der Waals surface area contributed by atoms with Crippen molar-refractivity contribution in [3.8, 4) is 0 Å². The smallest absolute Gasteiger partial charge is 0.265 e. The Morgan fingerprint density at radius 1 is 1.00 bits per heavy atom. The molecule has 5 nitrogen and oxygen atoms in total. The highest BCUT2D eigenvalue weighted by Gasteiger charge is 2.33. The predicted octanol–water partition coefficient (Wildman–Crippen LogP) is 2.77. The van der Waals surface area contributed by atoms with Crippen molar-refractivity contribution in [3.05, 3.63) is 74.8 Å². The molecule has 0 spiro atoms. The van der Waals surface area contributed by atoms with Crippen LogP contribution in [0.1, 0.15) is 51.4 Å². The van der Waals surface area contributed by atoms with E-state index in [0.717, 1.165) is 29.0 Å². The third kappa shape index (κ3) is 2.58. The van der Waals surface area contributed by atoms with Gasteiger partial charge in [0.1, 0.15) is 0 Å². The van der Waals surface area contributed by atoms with Gasteiger partial charge in [0.05, 0.1) is 11.1 Å². The van der Waals surface area contributed by atoms with Crippen molar-refractivity contribution in [1.29, 1.82) is 0 Å². The van der Waals surface area contributed by atoms with Crippen LogP contribution in [0.5, 0.6) is 0 Å². The van der Waals surface area contributed by atoms with Gasteiger partial charge >= 0.3 is 0 Å². The minimum absolute atomic E-state index is 0.225. The number of fused-ring (bicyclic) bond motifs is 1. The number of nitrogens with one attached hydrogen (secondary N) is 1. The Kier molecular flexibility index (Phi) is 4.16. The summed E-state index contributed by atoms with van der Waals surface area (Å²) >= 11 is 0. The molecule has 1 aliphatic rings. The molecule has 0 radical (unpaired) electrons. The van der Waals surface area contributed by atoms with Crippen molar-refractivity contribution >= 4 is 17.9 Å². The zero-order chi connectivity index (χ0) is 17.3. The van der Waals surface area contributed by atoms with Gasteiger partial charge in [0, 0.05) is 17.5 Å². The summed E-state index contributed by atoms with van der Waals surface area (Å²) in [6, 6.07) is 8.51. The number of imide groups is 1. The molecule has 0 bridgehead atoms. The van der Waals surface area contributed by atoms with Gasteiger partial charge in [-0.3, -0.25) is 14.4 Å². The Morgan fingerprint density at radius 3 is 2.17 bits per heavy atom. The van der Waals surface area contributed by atoms with Gasteiger partial charge in [0.15, 0.2) is 0 Å². The molecule has 1 aromatic heterocycles. The zero-order valence-electron chi connectivity index (χ0n) is 13.6. The Balaban J connectivity index is 1.94. The number of aryl methyl sites for hydroxylation is 2. The molecule has 0 saturated heterocycles. The highest BCUT2D eigenvalue weighted by atomic mass is 16.2. The largest absolute Gasteiger partial charge is 0.325 e. The number of aromatic nitrogens is 1. The third-order valence-corrected chi connectivity index (χ3v) is 4.21. The van der Waals surface area contributed by atoms with E-state index in [9.17, 15) is 14.4 Å². The summed E-state index contributed by atoms with van der Waals surface area (Å²) < 4.78 is 0. The van der Waals surface area contributed by atoms with Gasteiger partial charge in [-0.2, -0.15) is 0 Å². The summed E-state index contributed by atoms with van der Waals surface area (Å²) in [5.41, 5.74) is 2.95. The molecule has 0 fully saturated rings. The normalized spacial score (nSPS) is 13.8. The Hall–Kier alpha value is -2.95. The second-order valence-corrected chi connectivity index (χ2v) is 5.61. The number of nitrogens with zero attached hydrogens (tertiary/aromatic N) is 1. The second kappa shape index (κ2) is 6.28. The summed E-state index contributed by atoms with van der Waals surface area (Å²) in [7, 11) is 0. The van der Waals surface area contributed by atoms with Crippen molar-refractivity contribution in [2.45, 2.75) is 26.7 Å². The van der Waals surface area contributed by atoms with Crippen LogP contribution in [0.3, 0.4) is 0 Å². The quantitative estimate of drug-likeness (QED) is 0.880. The Morgan fingerprint density at radius 2 is 1.62 bits per heavy atom. The van der Waals surface area contributed by atoms with Crippen molar-refractivity contribution in [3.63, 3.8) is 0 Å². The summed E-state index contributed by atoms with van der Waals surface area (Å²) in [6.45, 7) is 4.00. The molecule has 0 unspecified atom stereocenters. The van der Waals surface area contributed by atoms with Gasteiger partial charge in [0.25, 0.3) is 17.4 Å². The van der Waals surface area contributed by atoms with Crippen molar-refractivity contribution < 1.29 is 9.59 Å². The summed E-state index contributed by atoms with van der Waals surface area (Å²) in [4.78, 5) is 40.7. The van der Waals surface area contributed by atoms with E-state index in [1.165, 1.54) is 12.3 Å². The standard InChI is InChI=1S/C19H18N2O3/c1-3-12-11-13(17(22)20-16(12)4-2)9-10-21-18(23)14-7-5-6-8-15(14)19(21)24/h5-11H,3-4H2,1-2H3,(H,20,22). The molecule has 122 valence electrons. The maximum absolute atomic E-state index is 12.3. The van der Waals surface area contributed by atoms with E-state index in [1.54, 1.807) is 24.3 Å². The van der Waals surface area contributed by atoms with Gasteiger partial charge in [0.2, 0.25) is 0 Å². The lowest BCUT2D eigenvalue weighted by Gasteiger charge is -2.08. The first-order valence-electron chi connectivity index (χ1n) is 7.97. The SMILES string of the molecule is CCc1cc(C=CN2C(=O)c3ccccc3C2=O)c(=O)[nH]c1CC. The number of hydrogen-bond donors (Lipinski definition) is 1. The van der Waals surface area contributed by atoms with E-state index in [0.29, 0.717) is 16.7 Å². The molecular weight excluding hydrogens is 304 g/mol. The van der Waals surface area contributed by atoms with Gasteiger partial charge in [-0.05, 0) is 42.7 Å². The van der Waals surface area contributed by atoms with Gasteiger partial charge < -0.3 is 4.98 Å². The lowest BCUT2D eigenvalue weighted by molar-refractivity contribution is 0.0722. The maximum atomic E-state index is 12.3. The number of hydrogen-bond acceptors (Lipinski definition) is 3. The van der Waals surface area contributed by atoms with Crippen molar-refractivity contribution in [2.24, 2.45) is 0 Å². The number of amides is 2. The first kappa shape index (κ1) is 15.9. The third-order valence-electron chi connectivity index (χ3n) is 4.21. The van der Waals surface area contributed by atoms with E-state index in [-0.39, 0.29) is 17.4 Å². The van der Waals surface area contributed by atoms with E-state index in [2.05, 4.69) is 4.98 Å². The average molecular weight is 322 g/mol. The molecule has 0 saturated carbocycles. The summed E-state index contributed by atoms with van der Waals surface area (Å²) in [5.74, 6) is -0.742. The molecule has 1 aromatic carbocycles. The number of benzene rings is 1. The molecule has 5 heteroatoms. The van der Waals surface area contributed by atoms with E-state index < -0.39 is 0 Å². The van der Waals surface area contributed by atoms with Crippen LogP contribution in [-0.4, -0.2) is 21.7 Å². The minimum Gasteiger partial charge on any atom is -0.325 e. The van der Waals surface area contributed by atoms with Crippen LogP contribution >= 0.6 is 0 Å². The van der Waals surface area contributed by atoms with Crippen molar-refractivity contribution in [1.82, 2.24) is 9.88 Å². The van der Waals surface area contributed by atoms with Crippen molar-refractivity contribution in [2.75, 3.05) is 0 Å². The molecule has 3 rings (SSSR count). The van der Waals surface area contributed by atoms with Crippen LogP contribution in [0, 0.1) is 0 Å². The molecule has 1 N–H and O–H groups in total. The lowest BCUT2D eigenvalue weighted by Crippen LogP contribution is -2.23. The summed E-state index contributed by atoms with van der Waals surface area (Å²) in [6.07, 6.45) is 4.44. The number of carbonyl (C=O) groups excluding carboxylic acids is 2. The fourth-order valence-corrected chi connectivity index (χ4v) is 2.88. The molecule has 2 heterocycles. The summed E-state index contributed by atoms with van der Waals surface area (Å²) in [5, 5.41) is 0. The number of rotatable bonds is 4. The second-order valence-electron chi connectivity index (χ2n) is 5.61. The van der Waals surface area contributed by atoms with E-state index in [4.69, 9.17) is 0 Å². The molecule has 24 heavy (non-hydrogen) atoms. The fourth-order valence-electron chi connectivity index (χ4n) is 2.88. The first-order valence-corrected chi connectivity index (χ1v) is 7.97. The number of carbonyl (C=O) groups is 2. The van der Waals surface area contributed by atoms with Crippen LogP contribution in [0.4, 0.5) is 0 Å². The van der Waals surface area contributed by atoms with Crippen LogP contribution in [0.25, 0.3) is 6.08 Å². The fraction of sp³-hybridized carbons (Fsp3) is 0.211. The Bertz CT molecular complexity index is 874. The van der Waals surface area contributed by atoms with Gasteiger partial charge in [-0.1, -0.05) is 26.0 Å². The number of aromatic amines is 1. The topological polar surface area (TPSA) is 70.2 Å². The molecule has 2 amide bonds. The van der Waals surface area contributed by atoms with Crippen LogP contribution in [-0.2, 0) is 12.8 Å². The number of pyridine rings is 1. The van der Waals surface area contributed by atoms with E-state index in [1.807, 2.05) is 19.9 Å². The Labute approximate surface area is 139 Å². The first-order chi connectivity index (χ1) is 11.6. The highest BCUT2D eigenvalue weighted by molar-refractivity contribution is 6.22. The molecular formula is C19H18N2O3. The zero-order valence-corrected chi connectivity index (χ0v) is 13.6. The molecule has 1 aliphatic heterocycles. The maximum Gasteiger partial charge on any atom is 0.265 e. The monoisotopic (exact) mass is 322 g/mol. The van der Waals surface area contributed by atoms with Crippen LogP contribution in [0.2, 0.25) is 0 Å². The number of H-pyrrole nitrogens is 1.